The molecule has 0 aliphatic rings. The van der Waals surface area contributed by atoms with Gasteiger partial charge < -0.3 is 0 Å². The largest absolute Gasteiger partial charge is 0.292 e. The molecule has 0 aliphatic carbocycles. The first-order chi connectivity index (χ1) is 9.54. The Balaban J connectivity index is 2.42. The quantitative estimate of drug-likeness (QED) is 0.688. The molecule has 0 radical (unpaired) electrons. The number of ketones is 1. The van der Waals surface area contributed by atoms with Crippen LogP contribution in [0.1, 0.15) is 27.4 Å². The van der Waals surface area contributed by atoms with Gasteiger partial charge in [-0.1, -0.05) is 62.2 Å². The summed E-state index contributed by atoms with van der Waals surface area (Å²) in [6.45, 7) is 1.95. The molecule has 0 bridgehead atoms. The minimum Gasteiger partial charge on any atom is -0.292 e. The van der Waals surface area contributed by atoms with Gasteiger partial charge in [0.25, 0.3) is 0 Å². The van der Waals surface area contributed by atoms with E-state index in [0.29, 0.717) is 11.1 Å². The molecule has 0 saturated carbocycles. The smallest absolute Gasteiger partial charge is 0.184 e. The van der Waals surface area contributed by atoms with Crippen LogP contribution in [0.4, 0.5) is 0 Å². The summed E-state index contributed by atoms with van der Waals surface area (Å²) in [6.07, 6.45) is 0. The SMILES string of the molecule is Cc1ccc(C(=O)C(C#N)c2ccccc2Br)cc1Br. The molecule has 0 spiro atoms. The van der Waals surface area contributed by atoms with Gasteiger partial charge in [-0.3, -0.25) is 4.79 Å². The van der Waals surface area contributed by atoms with Crippen molar-refractivity contribution in [2.75, 3.05) is 0 Å². The van der Waals surface area contributed by atoms with Crippen LogP contribution in [0, 0.1) is 18.3 Å². The van der Waals surface area contributed by atoms with Gasteiger partial charge in [-0.2, -0.15) is 5.26 Å². The molecular formula is C16H11Br2NO. The van der Waals surface area contributed by atoms with E-state index in [0.717, 1.165) is 14.5 Å². The van der Waals surface area contributed by atoms with Gasteiger partial charge in [0.05, 0.1) is 6.07 Å². The number of halogens is 2. The molecule has 0 aromatic heterocycles. The van der Waals surface area contributed by atoms with E-state index in [2.05, 4.69) is 37.9 Å². The van der Waals surface area contributed by atoms with E-state index in [1.165, 1.54) is 0 Å². The van der Waals surface area contributed by atoms with Crippen LogP contribution in [0.2, 0.25) is 0 Å². The lowest BCUT2D eigenvalue weighted by Crippen LogP contribution is -2.12. The second-order valence-corrected chi connectivity index (χ2v) is 6.12. The van der Waals surface area contributed by atoms with Crippen molar-refractivity contribution in [2.45, 2.75) is 12.8 Å². The molecule has 4 heteroatoms. The average Bonchev–Trinajstić information content (AvgIpc) is 2.44. The Labute approximate surface area is 134 Å². The molecule has 0 N–H and O–H groups in total. The predicted molar refractivity (Wildman–Crippen MR) is 85.7 cm³/mol. The van der Waals surface area contributed by atoms with E-state index < -0.39 is 5.92 Å². The van der Waals surface area contributed by atoms with Gasteiger partial charge in [0.15, 0.2) is 5.78 Å². The Morgan fingerprint density at radius 3 is 2.45 bits per heavy atom. The Hall–Kier alpha value is -1.44. The molecule has 0 fully saturated rings. The number of Topliss-reactive ketones (excluding diaryl/α,β-unsaturated/α-hetero) is 1. The van der Waals surface area contributed by atoms with Crippen LogP contribution in [0.5, 0.6) is 0 Å². The summed E-state index contributed by atoms with van der Waals surface area (Å²) in [5.41, 5.74) is 2.28. The number of rotatable bonds is 3. The second kappa shape index (κ2) is 6.34. The van der Waals surface area contributed by atoms with Crippen LogP contribution in [-0.4, -0.2) is 5.78 Å². The monoisotopic (exact) mass is 391 g/mol. The van der Waals surface area contributed by atoms with E-state index in [4.69, 9.17) is 0 Å². The van der Waals surface area contributed by atoms with Gasteiger partial charge in [-0.25, -0.2) is 0 Å². The first kappa shape index (κ1) is 15.0. The summed E-state index contributed by atoms with van der Waals surface area (Å²) < 4.78 is 1.64. The maximum atomic E-state index is 12.5. The molecule has 2 aromatic carbocycles. The highest BCUT2D eigenvalue weighted by Crippen LogP contribution is 2.28. The third-order valence-corrected chi connectivity index (χ3v) is 4.64. The van der Waals surface area contributed by atoms with E-state index >= 15 is 0 Å². The maximum Gasteiger partial charge on any atom is 0.184 e. The lowest BCUT2D eigenvalue weighted by atomic mass is 9.91. The van der Waals surface area contributed by atoms with Crippen LogP contribution in [-0.2, 0) is 0 Å². The summed E-state index contributed by atoms with van der Waals surface area (Å²) in [5.74, 6) is -1.000. The van der Waals surface area contributed by atoms with Gasteiger partial charge in [-0.05, 0) is 30.2 Å². The molecule has 2 nitrogen and oxygen atoms in total. The standard InChI is InChI=1S/C16H11Br2NO/c1-10-6-7-11(8-15(10)18)16(20)13(9-19)12-4-2-3-5-14(12)17/h2-8,13H,1H3. The van der Waals surface area contributed by atoms with E-state index in [9.17, 15) is 10.1 Å². The first-order valence-electron chi connectivity index (χ1n) is 5.99. The third-order valence-electron chi connectivity index (χ3n) is 3.06. The van der Waals surface area contributed by atoms with Crippen molar-refractivity contribution in [2.24, 2.45) is 0 Å². The van der Waals surface area contributed by atoms with Gasteiger partial charge >= 0.3 is 0 Å². The van der Waals surface area contributed by atoms with Crippen molar-refractivity contribution in [1.82, 2.24) is 0 Å². The summed E-state index contributed by atoms with van der Waals surface area (Å²) in [6, 6.07) is 14.8. The lowest BCUT2D eigenvalue weighted by molar-refractivity contribution is 0.0978. The summed E-state index contributed by atoms with van der Waals surface area (Å²) in [4.78, 5) is 12.5. The number of hydrogen-bond donors (Lipinski definition) is 0. The zero-order valence-electron chi connectivity index (χ0n) is 10.7. The minimum absolute atomic E-state index is 0.194. The van der Waals surface area contributed by atoms with Gasteiger partial charge in [-0.15, -0.1) is 0 Å². The van der Waals surface area contributed by atoms with Crippen LogP contribution in [0.25, 0.3) is 0 Å². The summed E-state index contributed by atoms with van der Waals surface area (Å²) in [7, 11) is 0. The topological polar surface area (TPSA) is 40.9 Å². The van der Waals surface area contributed by atoms with Gasteiger partial charge in [0.2, 0.25) is 0 Å². The molecule has 1 atom stereocenters. The fraction of sp³-hybridized carbons (Fsp3) is 0.125. The molecule has 0 amide bonds. The summed E-state index contributed by atoms with van der Waals surface area (Å²) >= 11 is 6.80. The lowest BCUT2D eigenvalue weighted by Gasteiger charge is -2.11. The van der Waals surface area contributed by atoms with Crippen molar-refractivity contribution in [1.29, 1.82) is 5.26 Å². The Morgan fingerprint density at radius 1 is 1.15 bits per heavy atom. The second-order valence-electron chi connectivity index (χ2n) is 4.41. The number of nitriles is 1. The zero-order chi connectivity index (χ0) is 14.7. The molecule has 0 saturated heterocycles. The van der Waals surface area contributed by atoms with Crippen LogP contribution in [0.15, 0.2) is 51.4 Å². The Kier molecular flexibility index (Phi) is 4.74. The van der Waals surface area contributed by atoms with Crippen molar-refractivity contribution in [3.63, 3.8) is 0 Å². The fourth-order valence-corrected chi connectivity index (χ4v) is 2.78. The molecule has 2 rings (SSSR count). The highest BCUT2D eigenvalue weighted by Gasteiger charge is 2.23. The molecule has 0 heterocycles. The summed E-state index contributed by atoms with van der Waals surface area (Å²) in [5, 5.41) is 9.36. The molecule has 100 valence electrons. The van der Waals surface area contributed by atoms with Crippen molar-refractivity contribution >= 4 is 37.6 Å². The number of carbonyl (C=O) groups excluding carboxylic acids is 1. The molecule has 20 heavy (non-hydrogen) atoms. The van der Waals surface area contributed by atoms with Crippen LogP contribution >= 0.6 is 31.9 Å². The van der Waals surface area contributed by atoms with Gasteiger partial charge in [0, 0.05) is 14.5 Å². The number of aryl methyl sites for hydroxylation is 1. The third kappa shape index (κ3) is 3.00. The maximum absolute atomic E-state index is 12.5. The Bertz CT molecular complexity index is 704. The zero-order valence-corrected chi connectivity index (χ0v) is 13.9. The van der Waals surface area contributed by atoms with Crippen LogP contribution in [0.3, 0.4) is 0 Å². The minimum atomic E-state index is -0.805. The van der Waals surface area contributed by atoms with Crippen molar-refractivity contribution < 1.29 is 4.79 Å². The normalized spacial score (nSPS) is 11.7. The van der Waals surface area contributed by atoms with Crippen molar-refractivity contribution in [3.05, 3.63) is 68.1 Å². The molecule has 0 aliphatic heterocycles. The Morgan fingerprint density at radius 2 is 1.85 bits per heavy atom. The fourth-order valence-electron chi connectivity index (χ4n) is 1.89. The number of hydrogen-bond acceptors (Lipinski definition) is 2. The van der Waals surface area contributed by atoms with E-state index in [-0.39, 0.29) is 5.78 Å². The van der Waals surface area contributed by atoms with E-state index in [1.54, 1.807) is 18.2 Å². The highest BCUT2D eigenvalue weighted by atomic mass is 79.9. The predicted octanol–water partition coefficient (Wildman–Crippen LogP) is 5.01. The first-order valence-corrected chi connectivity index (χ1v) is 7.57. The molecular weight excluding hydrogens is 382 g/mol. The number of benzene rings is 2. The molecule has 2 aromatic rings. The average molecular weight is 393 g/mol. The molecule has 1 unspecified atom stereocenters. The number of nitrogens with zero attached hydrogens (tertiary/aromatic N) is 1. The van der Waals surface area contributed by atoms with Crippen LogP contribution < -0.4 is 0 Å². The van der Waals surface area contributed by atoms with E-state index in [1.807, 2.05) is 31.2 Å². The van der Waals surface area contributed by atoms with Crippen molar-refractivity contribution in [3.8, 4) is 6.07 Å². The van der Waals surface area contributed by atoms with Gasteiger partial charge in [0.1, 0.15) is 5.92 Å². The number of carbonyl (C=O) groups is 1. The highest BCUT2D eigenvalue weighted by molar-refractivity contribution is 9.10.